The summed E-state index contributed by atoms with van der Waals surface area (Å²) in [6.07, 6.45) is 6.22. The minimum absolute atomic E-state index is 0.0539. The minimum atomic E-state index is 0.0539. The quantitative estimate of drug-likeness (QED) is 0.773. The number of amides is 2. The van der Waals surface area contributed by atoms with Gasteiger partial charge in [0.05, 0.1) is 17.9 Å². The number of aryl methyl sites for hydroxylation is 1. The van der Waals surface area contributed by atoms with E-state index in [9.17, 15) is 9.59 Å². The zero-order chi connectivity index (χ0) is 20.3. The lowest BCUT2D eigenvalue weighted by Gasteiger charge is -2.36. The molecule has 156 valence electrons. The second kappa shape index (κ2) is 9.07. The molecule has 1 aromatic heterocycles. The summed E-state index contributed by atoms with van der Waals surface area (Å²) >= 11 is 0. The fraction of sp³-hybridized carbons (Fsp3) is 0.762. The predicted molar refractivity (Wildman–Crippen MR) is 109 cm³/mol. The minimum Gasteiger partial charge on any atom is -0.343 e. The SMILES string of the molecule is CC(=O)N(C)Cc1cc(C2CCN(C(=O)C[C@@H]3CCCCN3C)CC2)nn1C. The van der Waals surface area contributed by atoms with Gasteiger partial charge in [-0.15, -0.1) is 0 Å². The summed E-state index contributed by atoms with van der Waals surface area (Å²) in [4.78, 5) is 30.3. The highest BCUT2D eigenvalue weighted by molar-refractivity contribution is 5.77. The topological polar surface area (TPSA) is 61.7 Å². The molecule has 0 saturated carbocycles. The summed E-state index contributed by atoms with van der Waals surface area (Å²) in [6, 6.07) is 2.54. The summed E-state index contributed by atoms with van der Waals surface area (Å²) < 4.78 is 1.88. The number of carbonyl (C=O) groups is 2. The highest BCUT2D eigenvalue weighted by Gasteiger charge is 2.29. The number of aromatic nitrogens is 2. The van der Waals surface area contributed by atoms with Crippen molar-refractivity contribution in [3.05, 3.63) is 17.5 Å². The molecule has 0 aliphatic carbocycles. The molecular formula is C21H35N5O2. The monoisotopic (exact) mass is 389 g/mol. The first-order valence-electron chi connectivity index (χ1n) is 10.6. The van der Waals surface area contributed by atoms with E-state index in [1.54, 1.807) is 11.8 Å². The number of likely N-dealkylation sites (tertiary alicyclic amines) is 2. The molecule has 2 aliphatic heterocycles. The second-order valence-electron chi connectivity index (χ2n) is 8.55. The molecule has 0 bridgehead atoms. The second-order valence-corrected chi connectivity index (χ2v) is 8.55. The average molecular weight is 390 g/mol. The smallest absolute Gasteiger partial charge is 0.224 e. The first-order chi connectivity index (χ1) is 13.3. The molecule has 0 spiro atoms. The van der Waals surface area contributed by atoms with E-state index in [0.29, 0.717) is 30.8 Å². The molecule has 1 aromatic rings. The molecule has 3 rings (SSSR count). The third kappa shape index (κ3) is 4.93. The van der Waals surface area contributed by atoms with E-state index in [-0.39, 0.29) is 5.91 Å². The standard InChI is InChI=1S/C21H35N5O2/c1-16(27)24(3)15-19-13-20(22-25(19)4)17-8-11-26(12-9-17)21(28)14-18-7-5-6-10-23(18)2/h13,17-18H,5-12,14-15H2,1-4H3/t18-/m0/s1. The average Bonchev–Trinajstić information content (AvgIpc) is 3.04. The van der Waals surface area contributed by atoms with E-state index in [1.807, 2.05) is 23.7 Å². The van der Waals surface area contributed by atoms with Crippen molar-refractivity contribution in [3.8, 4) is 0 Å². The Bertz CT molecular complexity index is 693. The number of piperidine rings is 2. The Morgan fingerprint density at radius 1 is 1.14 bits per heavy atom. The first kappa shape index (κ1) is 20.8. The summed E-state index contributed by atoms with van der Waals surface area (Å²) in [7, 11) is 5.89. The zero-order valence-corrected chi connectivity index (χ0v) is 17.9. The van der Waals surface area contributed by atoms with Crippen molar-refractivity contribution in [1.29, 1.82) is 0 Å². The van der Waals surface area contributed by atoms with Gasteiger partial charge in [0.1, 0.15) is 0 Å². The maximum atomic E-state index is 12.7. The van der Waals surface area contributed by atoms with Gasteiger partial charge in [0.15, 0.2) is 0 Å². The Morgan fingerprint density at radius 3 is 2.50 bits per heavy atom. The molecular weight excluding hydrogens is 354 g/mol. The van der Waals surface area contributed by atoms with Gasteiger partial charge in [-0.1, -0.05) is 6.42 Å². The van der Waals surface area contributed by atoms with Crippen molar-refractivity contribution < 1.29 is 9.59 Å². The molecule has 2 aliphatic rings. The van der Waals surface area contributed by atoms with E-state index in [1.165, 1.54) is 12.8 Å². The molecule has 2 saturated heterocycles. The van der Waals surface area contributed by atoms with Crippen LogP contribution in [0.4, 0.5) is 0 Å². The van der Waals surface area contributed by atoms with Crippen LogP contribution in [0.2, 0.25) is 0 Å². The molecule has 7 heteroatoms. The van der Waals surface area contributed by atoms with Gasteiger partial charge in [0, 0.05) is 52.5 Å². The van der Waals surface area contributed by atoms with Gasteiger partial charge in [-0.25, -0.2) is 0 Å². The lowest BCUT2D eigenvalue weighted by molar-refractivity contribution is -0.133. The van der Waals surface area contributed by atoms with Crippen LogP contribution in [-0.2, 0) is 23.2 Å². The number of rotatable bonds is 5. The molecule has 28 heavy (non-hydrogen) atoms. The van der Waals surface area contributed by atoms with Crippen LogP contribution in [0.25, 0.3) is 0 Å². The number of hydrogen-bond acceptors (Lipinski definition) is 4. The third-order valence-corrected chi connectivity index (χ3v) is 6.53. The molecule has 0 aromatic carbocycles. The van der Waals surface area contributed by atoms with Gasteiger partial charge in [-0.05, 0) is 45.3 Å². The van der Waals surface area contributed by atoms with Crippen LogP contribution >= 0.6 is 0 Å². The van der Waals surface area contributed by atoms with Gasteiger partial charge in [-0.3, -0.25) is 14.3 Å². The Balaban J connectivity index is 1.52. The van der Waals surface area contributed by atoms with Crippen LogP contribution in [-0.4, -0.2) is 76.1 Å². The van der Waals surface area contributed by atoms with E-state index in [4.69, 9.17) is 0 Å². The fourth-order valence-electron chi connectivity index (χ4n) is 4.39. The van der Waals surface area contributed by atoms with Crippen molar-refractivity contribution in [1.82, 2.24) is 24.5 Å². The first-order valence-corrected chi connectivity index (χ1v) is 10.6. The van der Waals surface area contributed by atoms with E-state index in [0.717, 1.165) is 50.3 Å². The van der Waals surface area contributed by atoms with Crippen LogP contribution in [0.15, 0.2) is 6.07 Å². The van der Waals surface area contributed by atoms with Crippen LogP contribution in [0.1, 0.15) is 62.8 Å². The summed E-state index contributed by atoms with van der Waals surface area (Å²) in [5, 5.41) is 4.69. The number of nitrogens with zero attached hydrogens (tertiary/aromatic N) is 5. The lowest BCUT2D eigenvalue weighted by atomic mass is 9.92. The van der Waals surface area contributed by atoms with Crippen molar-refractivity contribution in [2.24, 2.45) is 7.05 Å². The Hall–Kier alpha value is -1.89. The van der Waals surface area contributed by atoms with Crippen LogP contribution in [0, 0.1) is 0 Å². The van der Waals surface area contributed by atoms with Crippen molar-refractivity contribution in [3.63, 3.8) is 0 Å². The van der Waals surface area contributed by atoms with Gasteiger partial charge < -0.3 is 14.7 Å². The fourth-order valence-corrected chi connectivity index (χ4v) is 4.39. The van der Waals surface area contributed by atoms with Crippen LogP contribution in [0.3, 0.4) is 0 Å². The lowest BCUT2D eigenvalue weighted by Crippen LogP contribution is -2.43. The molecule has 0 unspecified atom stereocenters. The molecule has 1 atom stereocenters. The van der Waals surface area contributed by atoms with E-state index < -0.39 is 0 Å². The van der Waals surface area contributed by atoms with Gasteiger partial charge in [-0.2, -0.15) is 5.10 Å². The van der Waals surface area contributed by atoms with Crippen LogP contribution < -0.4 is 0 Å². The summed E-state index contributed by atoms with van der Waals surface area (Å²) in [6.45, 7) is 4.90. The highest BCUT2D eigenvalue weighted by Crippen LogP contribution is 2.29. The molecule has 3 heterocycles. The normalized spacial score (nSPS) is 21.7. The molecule has 2 amide bonds. The van der Waals surface area contributed by atoms with Crippen LogP contribution in [0.5, 0.6) is 0 Å². The maximum Gasteiger partial charge on any atom is 0.224 e. The largest absolute Gasteiger partial charge is 0.343 e. The van der Waals surface area contributed by atoms with Gasteiger partial charge in [0.2, 0.25) is 11.8 Å². The third-order valence-electron chi connectivity index (χ3n) is 6.53. The number of carbonyl (C=O) groups excluding carboxylic acids is 2. The Kier molecular flexibility index (Phi) is 6.75. The van der Waals surface area contributed by atoms with E-state index >= 15 is 0 Å². The van der Waals surface area contributed by atoms with Crippen molar-refractivity contribution in [2.75, 3.05) is 33.7 Å². The maximum absolute atomic E-state index is 12.7. The predicted octanol–water partition coefficient (Wildman–Crippen LogP) is 1.98. The number of hydrogen-bond donors (Lipinski definition) is 0. The highest BCUT2D eigenvalue weighted by atomic mass is 16.2. The molecule has 0 N–H and O–H groups in total. The van der Waals surface area contributed by atoms with Gasteiger partial charge >= 0.3 is 0 Å². The van der Waals surface area contributed by atoms with E-state index in [2.05, 4.69) is 23.1 Å². The summed E-state index contributed by atoms with van der Waals surface area (Å²) in [5.41, 5.74) is 2.14. The molecule has 2 fully saturated rings. The van der Waals surface area contributed by atoms with Crippen molar-refractivity contribution >= 4 is 11.8 Å². The Labute approximate surface area is 168 Å². The Morgan fingerprint density at radius 2 is 1.86 bits per heavy atom. The van der Waals surface area contributed by atoms with Crippen molar-refractivity contribution in [2.45, 2.75) is 64.0 Å². The summed E-state index contributed by atoms with van der Waals surface area (Å²) in [5.74, 6) is 0.754. The zero-order valence-electron chi connectivity index (χ0n) is 17.9. The van der Waals surface area contributed by atoms with Gasteiger partial charge in [0.25, 0.3) is 0 Å². The molecule has 0 radical (unpaired) electrons. The molecule has 7 nitrogen and oxygen atoms in total.